The average Bonchev–Trinajstić information content (AvgIpc) is 2.52. The number of ether oxygens (including phenoxy) is 2. The minimum Gasteiger partial charge on any atom is -0.491 e. The normalized spacial score (nSPS) is 19.7. The lowest BCUT2D eigenvalue weighted by Gasteiger charge is -2.23. The number of hydrogen-bond donors (Lipinski definition) is 3. The number of aliphatic hydroxyl groups is 1. The molecule has 2 rings (SSSR count). The molecule has 0 spiro atoms. The number of morpholine rings is 1. The topological polar surface area (TPSA) is 79.8 Å². The first-order valence-corrected chi connectivity index (χ1v) is 7.60. The predicted molar refractivity (Wildman–Crippen MR) is 82.8 cm³/mol. The summed E-state index contributed by atoms with van der Waals surface area (Å²) in [4.78, 5) is 12.0. The molecule has 22 heavy (non-hydrogen) atoms. The molecule has 0 aliphatic carbocycles. The molecule has 2 unspecified atom stereocenters. The van der Waals surface area contributed by atoms with Crippen LogP contribution in [0, 0.1) is 0 Å². The van der Waals surface area contributed by atoms with Crippen molar-refractivity contribution in [1.82, 2.24) is 10.6 Å². The van der Waals surface area contributed by atoms with E-state index in [0.29, 0.717) is 31.1 Å². The highest BCUT2D eigenvalue weighted by Crippen LogP contribution is 2.19. The number of aliphatic hydroxyl groups excluding tert-OH is 1. The molecule has 1 amide bonds. The lowest BCUT2D eigenvalue weighted by Crippen LogP contribution is -2.51. The summed E-state index contributed by atoms with van der Waals surface area (Å²) < 4.78 is 10.8. The summed E-state index contributed by atoms with van der Waals surface area (Å²) in [5.41, 5.74) is 0.714. The fourth-order valence-corrected chi connectivity index (χ4v) is 2.24. The van der Waals surface area contributed by atoms with Crippen molar-refractivity contribution in [3.05, 3.63) is 29.8 Å². The Morgan fingerprint density at radius 1 is 1.55 bits per heavy atom. The van der Waals surface area contributed by atoms with Gasteiger partial charge in [0.15, 0.2) is 0 Å². The summed E-state index contributed by atoms with van der Waals surface area (Å²) in [7, 11) is 0. The Labute approximate surface area is 130 Å². The highest BCUT2D eigenvalue weighted by atomic mass is 16.5. The average molecular weight is 308 g/mol. The number of hydrogen-bond acceptors (Lipinski definition) is 5. The summed E-state index contributed by atoms with van der Waals surface area (Å²) in [6, 6.07) is 6.92. The predicted octanol–water partition coefficient (Wildman–Crippen LogP) is 0.612. The standard InChI is InChI=1S/C16H24N2O4/c1-11(2)22-13-5-3-4-12(8-13)15(19)9-18-16(20)14-10-21-7-6-17-14/h3-5,8,11,14-15,17,19H,6-7,9-10H2,1-2H3,(H,18,20). The molecule has 3 N–H and O–H groups in total. The van der Waals surface area contributed by atoms with E-state index < -0.39 is 6.10 Å². The number of nitrogens with one attached hydrogen (secondary N) is 2. The maximum Gasteiger partial charge on any atom is 0.239 e. The van der Waals surface area contributed by atoms with Gasteiger partial charge in [-0.25, -0.2) is 0 Å². The highest BCUT2D eigenvalue weighted by molar-refractivity contribution is 5.82. The summed E-state index contributed by atoms with van der Waals surface area (Å²) >= 11 is 0. The lowest BCUT2D eigenvalue weighted by atomic mass is 10.1. The Morgan fingerprint density at radius 2 is 2.36 bits per heavy atom. The summed E-state index contributed by atoms with van der Waals surface area (Å²) in [6.45, 7) is 5.69. The zero-order chi connectivity index (χ0) is 15.9. The first-order chi connectivity index (χ1) is 10.6. The van der Waals surface area contributed by atoms with Crippen molar-refractivity contribution < 1.29 is 19.4 Å². The van der Waals surface area contributed by atoms with Crippen LogP contribution in [-0.2, 0) is 9.53 Å². The van der Waals surface area contributed by atoms with Crippen LogP contribution in [0.25, 0.3) is 0 Å². The van der Waals surface area contributed by atoms with E-state index >= 15 is 0 Å². The van der Waals surface area contributed by atoms with Gasteiger partial charge < -0.3 is 25.2 Å². The van der Waals surface area contributed by atoms with Gasteiger partial charge in [0, 0.05) is 13.1 Å². The second-order valence-corrected chi connectivity index (χ2v) is 5.58. The molecule has 1 heterocycles. The maximum absolute atomic E-state index is 12.0. The molecule has 1 aromatic rings. The number of carbonyl (C=O) groups excluding carboxylic acids is 1. The van der Waals surface area contributed by atoms with Gasteiger partial charge >= 0.3 is 0 Å². The number of amides is 1. The van der Waals surface area contributed by atoms with E-state index in [1.165, 1.54) is 0 Å². The van der Waals surface area contributed by atoms with Gasteiger partial charge in [0.25, 0.3) is 0 Å². The monoisotopic (exact) mass is 308 g/mol. The summed E-state index contributed by atoms with van der Waals surface area (Å²) in [6.07, 6.45) is -0.700. The van der Waals surface area contributed by atoms with E-state index in [4.69, 9.17) is 9.47 Å². The first kappa shape index (κ1) is 16.7. The molecular weight excluding hydrogens is 284 g/mol. The van der Waals surface area contributed by atoms with Gasteiger partial charge in [-0.3, -0.25) is 4.79 Å². The molecule has 0 bridgehead atoms. The molecule has 0 saturated carbocycles. The molecule has 6 heteroatoms. The van der Waals surface area contributed by atoms with Crippen molar-refractivity contribution >= 4 is 5.91 Å². The number of rotatable bonds is 6. The molecular formula is C16H24N2O4. The fraction of sp³-hybridized carbons (Fsp3) is 0.562. The quantitative estimate of drug-likeness (QED) is 0.717. The van der Waals surface area contributed by atoms with Crippen LogP contribution in [-0.4, -0.2) is 49.5 Å². The highest BCUT2D eigenvalue weighted by Gasteiger charge is 2.21. The third-order valence-electron chi connectivity index (χ3n) is 3.32. The van der Waals surface area contributed by atoms with Gasteiger partial charge in [0.1, 0.15) is 11.8 Å². The molecule has 122 valence electrons. The molecule has 2 atom stereocenters. The van der Waals surface area contributed by atoms with Crippen molar-refractivity contribution in [2.24, 2.45) is 0 Å². The van der Waals surface area contributed by atoms with Crippen molar-refractivity contribution in [3.8, 4) is 5.75 Å². The maximum atomic E-state index is 12.0. The zero-order valence-electron chi connectivity index (χ0n) is 13.0. The second kappa shape index (κ2) is 8.12. The van der Waals surface area contributed by atoms with Crippen LogP contribution in [0.15, 0.2) is 24.3 Å². The van der Waals surface area contributed by atoms with Crippen LogP contribution in [0.2, 0.25) is 0 Å². The van der Waals surface area contributed by atoms with E-state index in [-0.39, 0.29) is 24.6 Å². The number of carbonyl (C=O) groups is 1. The minimum atomic E-state index is -0.774. The SMILES string of the molecule is CC(C)Oc1cccc(C(O)CNC(=O)C2COCCN2)c1. The molecule has 1 fully saturated rings. The van der Waals surface area contributed by atoms with Crippen LogP contribution in [0.3, 0.4) is 0 Å². The Bertz CT molecular complexity index is 487. The van der Waals surface area contributed by atoms with E-state index in [1.807, 2.05) is 32.0 Å². The Balaban J connectivity index is 1.86. The smallest absolute Gasteiger partial charge is 0.239 e. The molecule has 1 aliphatic rings. The van der Waals surface area contributed by atoms with E-state index in [0.717, 1.165) is 0 Å². The second-order valence-electron chi connectivity index (χ2n) is 5.58. The summed E-state index contributed by atoms with van der Waals surface area (Å²) in [5.74, 6) is 0.550. The van der Waals surface area contributed by atoms with Crippen molar-refractivity contribution in [2.75, 3.05) is 26.3 Å². The third-order valence-corrected chi connectivity index (χ3v) is 3.32. The first-order valence-electron chi connectivity index (χ1n) is 7.60. The van der Waals surface area contributed by atoms with Crippen molar-refractivity contribution in [3.63, 3.8) is 0 Å². The Hall–Kier alpha value is -1.63. The molecule has 6 nitrogen and oxygen atoms in total. The van der Waals surface area contributed by atoms with E-state index in [2.05, 4.69) is 10.6 Å². The van der Waals surface area contributed by atoms with Crippen LogP contribution in [0.5, 0.6) is 5.75 Å². The van der Waals surface area contributed by atoms with Gasteiger partial charge in [0.05, 0.1) is 25.4 Å². The van der Waals surface area contributed by atoms with Crippen molar-refractivity contribution in [1.29, 1.82) is 0 Å². The molecule has 1 saturated heterocycles. The van der Waals surface area contributed by atoms with Crippen LogP contribution in [0.4, 0.5) is 0 Å². The lowest BCUT2D eigenvalue weighted by molar-refractivity contribution is -0.126. The van der Waals surface area contributed by atoms with E-state index in [9.17, 15) is 9.90 Å². The van der Waals surface area contributed by atoms with Crippen molar-refractivity contribution in [2.45, 2.75) is 32.1 Å². The van der Waals surface area contributed by atoms with Gasteiger partial charge in [0.2, 0.25) is 5.91 Å². The van der Waals surface area contributed by atoms with Gasteiger partial charge in [-0.15, -0.1) is 0 Å². The van der Waals surface area contributed by atoms with E-state index in [1.54, 1.807) is 6.07 Å². The van der Waals surface area contributed by atoms with Crippen LogP contribution in [0.1, 0.15) is 25.5 Å². The molecule has 1 aliphatic heterocycles. The fourth-order valence-electron chi connectivity index (χ4n) is 2.24. The van der Waals surface area contributed by atoms with Crippen LogP contribution < -0.4 is 15.4 Å². The van der Waals surface area contributed by atoms with Crippen LogP contribution >= 0.6 is 0 Å². The largest absolute Gasteiger partial charge is 0.491 e. The molecule has 0 aromatic heterocycles. The molecule has 0 radical (unpaired) electrons. The summed E-state index contributed by atoms with van der Waals surface area (Å²) in [5, 5.41) is 16.0. The minimum absolute atomic E-state index is 0.0736. The Kier molecular flexibility index (Phi) is 6.18. The van der Waals surface area contributed by atoms with Gasteiger partial charge in [-0.05, 0) is 31.5 Å². The number of benzene rings is 1. The molecule has 1 aromatic carbocycles. The Morgan fingerprint density at radius 3 is 3.05 bits per heavy atom. The third kappa shape index (κ3) is 4.98. The zero-order valence-corrected chi connectivity index (χ0v) is 13.0. The van der Waals surface area contributed by atoms with Gasteiger partial charge in [-0.1, -0.05) is 12.1 Å². The van der Waals surface area contributed by atoms with Gasteiger partial charge in [-0.2, -0.15) is 0 Å².